The van der Waals surface area contributed by atoms with E-state index in [1.807, 2.05) is 62.4 Å². The van der Waals surface area contributed by atoms with E-state index in [9.17, 15) is 9.59 Å². The topological polar surface area (TPSA) is 52.6 Å². The summed E-state index contributed by atoms with van der Waals surface area (Å²) in [7, 11) is 0. The van der Waals surface area contributed by atoms with Crippen LogP contribution in [0.2, 0.25) is 0 Å². The lowest BCUT2D eigenvalue weighted by molar-refractivity contribution is 0.0458. The van der Waals surface area contributed by atoms with Gasteiger partial charge in [-0.3, -0.25) is 0 Å². The number of carbonyl (C=O) groups is 2. The fraction of sp³-hybridized carbons (Fsp3) is 0.167. The smallest absolute Gasteiger partial charge is 0.338 e. The van der Waals surface area contributed by atoms with Crippen molar-refractivity contribution in [2.24, 2.45) is 0 Å². The van der Waals surface area contributed by atoms with Gasteiger partial charge in [-0.2, -0.15) is 0 Å². The van der Waals surface area contributed by atoms with Gasteiger partial charge in [-0.25, -0.2) is 9.59 Å². The molecule has 142 valence electrons. The second-order valence-corrected chi connectivity index (χ2v) is 6.58. The summed E-state index contributed by atoms with van der Waals surface area (Å²) in [4.78, 5) is 24.4. The molecule has 3 aromatic carbocycles. The molecule has 0 amide bonds. The minimum atomic E-state index is -0.428. The molecule has 0 spiro atoms. The molecule has 0 radical (unpaired) electrons. The predicted octanol–water partition coefficient (Wildman–Crippen LogP) is 5.02. The van der Waals surface area contributed by atoms with E-state index in [1.54, 1.807) is 24.3 Å². The van der Waals surface area contributed by atoms with Crippen molar-refractivity contribution >= 4 is 11.9 Å². The molecule has 0 atom stereocenters. The van der Waals surface area contributed by atoms with Crippen molar-refractivity contribution in [3.05, 3.63) is 106 Å². The van der Waals surface area contributed by atoms with E-state index in [2.05, 4.69) is 0 Å². The van der Waals surface area contributed by atoms with Crippen molar-refractivity contribution in [3.63, 3.8) is 0 Å². The van der Waals surface area contributed by atoms with Gasteiger partial charge >= 0.3 is 11.9 Å². The number of benzene rings is 3. The number of aryl methyl sites for hydroxylation is 2. The Bertz CT molecular complexity index is 893. The molecular formula is C24H22O4. The van der Waals surface area contributed by atoms with Crippen LogP contribution in [0, 0.1) is 13.8 Å². The third-order valence-corrected chi connectivity index (χ3v) is 4.60. The monoisotopic (exact) mass is 374 g/mol. The second kappa shape index (κ2) is 9.00. The van der Waals surface area contributed by atoms with E-state index in [0.29, 0.717) is 11.1 Å². The van der Waals surface area contributed by atoms with E-state index < -0.39 is 11.9 Å². The van der Waals surface area contributed by atoms with Crippen LogP contribution < -0.4 is 0 Å². The molecule has 0 bridgehead atoms. The lowest BCUT2D eigenvalue weighted by Gasteiger charge is -2.09. The summed E-state index contributed by atoms with van der Waals surface area (Å²) in [6.45, 7) is 4.37. The Morgan fingerprint density at radius 3 is 1.32 bits per heavy atom. The lowest BCUT2D eigenvalue weighted by Crippen LogP contribution is -2.08. The first-order chi connectivity index (χ1) is 13.5. The quantitative estimate of drug-likeness (QED) is 0.569. The van der Waals surface area contributed by atoms with Crippen LogP contribution in [0.15, 0.2) is 72.8 Å². The molecule has 0 aliphatic heterocycles. The molecule has 4 nitrogen and oxygen atoms in total. The first-order valence-electron chi connectivity index (χ1n) is 9.08. The van der Waals surface area contributed by atoms with Crippen molar-refractivity contribution in [1.82, 2.24) is 0 Å². The van der Waals surface area contributed by atoms with Gasteiger partial charge in [-0.05, 0) is 60.4 Å². The molecule has 4 heteroatoms. The third-order valence-electron chi connectivity index (χ3n) is 4.60. The zero-order chi connectivity index (χ0) is 19.9. The lowest BCUT2D eigenvalue weighted by atomic mass is 10.1. The summed E-state index contributed by atoms with van der Waals surface area (Å²) >= 11 is 0. The second-order valence-electron chi connectivity index (χ2n) is 6.58. The molecular weight excluding hydrogens is 352 g/mol. The number of hydrogen-bond donors (Lipinski definition) is 0. The zero-order valence-electron chi connectivity index (χ0n) is 16.0. The summed E-state index contributed by atoms with van der Waals surface area (Å²) in [6, 6.07) is 21.8. The maximum absolute atomic E-state index is 12.2. The molecule has 3 rings (SSSR count). The Morgan fingerprint density at radius 1 is 0.607 bits per heavy atom. The van der Waals surface area contributed by atoms with Gasteiger partial charge in [0.1, 0.15) is 13.2 Å². The summed E-state index contributed by atoms with van der Waals surface area (Å²) < 4.78 is 10.7. The van der Waals surface area contributed by atoms with Crippen molar-refractivity contribution < 1.29 is 19.1 Å². The summed E-state index contributed by atoms with van der Waals surface area (Å²) in [5.41, 5.74) is 4.86. The molecule has 0 saturated carbocycles. The van der Waals surface area contributed by atoms with Gasteiger partial charge < -0.3 is 9.47 Å². The Hall–Kier alpha value is -3.40. The van der Waals surface area contributed by atoms with E-state index in [4.69, 9.17) is 9.47 Å². The Labute approximate surface area is 164 Å². The first kappa shape index (κ1) is 19.4. The van der Waals surface area contributed by atoms with Gasteiger partial charge in [0, 0.05) is 0 Å². The molecule has 0 fully saturated rings. The molecule has 0 unspecified atom stereocenters. The standard InChI is InChI=1S/C24H22O4/c1-17-7-3-5-9-21(17)15-27-23(25)19-11-13-20(14-12-19)24(26)28-16-22-10-6-4-8-18(22)2/h3-14H,15-16H2,1-2H3. The van der Waals surface area contributed by atoms with Crippen LogP contribution in [-0.2, 0) is 22.7 Å². The van der Waals surface area contributed by atoms with Gasteiger partial charge in [-0.15, -0.1) is 0 Å². The number of esters is 2. The highest BCUT2D eigenvalue weighted by molar-refractivity contribution is 5.93. The molecule has 3 aromatic rings. The van der Waals surface area contributed by atoms with Crippen LogP contribution in [0.25, 0.3) is 0 Å². The molecule has 0 N–H and O–H groups in total. The van der Waals surface area contributed by atoms with Crippen LogP contribution >= 0.6 is 0 Å². The molecule has 28 heavy (non-hydrogen) atoms. The van der Waals surface area contributed by atoms with Crippen LogP contribution in [0.3, 0.4) is 0 Å². The highest BCUT2D eigenvalue weighted by Crippen LogP contribution is 2.13. The van der Waals surface area contributed by atoms with Gasteiger partial charge in [-0.1, -0.05) is 48.5 Å². The molecule has 0 aromatic heterocycles. The SMILES string of the molecule is Cc1ccccc1COC(=O)c1ccc(C(=O)OCc2ccccc2C)cc1. The molecule has 0 heterocycles. The van der Waals surface area contributed by atoms with Gasteiger partial charge in [0.05, 0.1) is 11.1 Å². The van der Waals surface area contributed by atoms with Gasteiger partial charge in [0.25, 0.3) is 0 Å². The molecule has 0 saturated heterocycles. The van der Waals surface area contributed by atoms with Gasteiger partial charge in [0.15, 0.2) is 0 Å². The highest BCUT2D eigenvalue weighted by Gasteiger charge is 2.12. The number of carbonyl (C=O) groups excluding carboxylic acids is 2. The fourth-order valence-corrected chi connectivity index (χ4v) is 2.74. The first-order valence-corrected chi connectivity index (χ1v) is 9.08. The number of hydrogen-bond acceptors (Lipinski definition) is 4. The zero-order valence-corrected chi connectivity index (χ0v) is 16.0. The van der Waals surface area contributed by atoms with E-state index in [0.717, 1.165) is 22.3 Å². The van der Waals surface area contributed by atoms with Crippen molar-refractivity contribution in [2.45, 2.75) is 27.1 Å². The predicted molar refractivity (Wildman–Crippen MR) is 107 cm³/mol. The average Bonchev–Trinajstić information content (AvgIpc) is 2.72. The maximum atomic E-state index is 12.2. The van der Waals surface area contributed by atoms with Crippen LogP contribution in [0.1, 0.15) is 43.0 Å². The Morgan fingerprint density at radius 2 is 0.964 bits per heavy atom. The minimum Gasteiger partial charge on any atom is -0.457 e. The van der Waals surface area contributed by atoms with Crippen molar-refractivity contribution in [2.75, 3.05) is 0 Å². The Balaban J connectivity index is 1.56. The van der Waals surface area contributed by atoms with Crippen molar-refractivity contribution in [1.29, 1.82) is 0 Å². The van der Waals surface area contributed by atoms with E-state index in [1.165, 1.54) is 0 Å². The largest absolute Gasteiger partial charge is 0.457 e. The Kier molecular flexibility index (Phi) is 6.22. The van der Waals surface area contributed by atoms with Gasteiger partial charge in [0.2, 0.25) is 0 Å². The summed E-state index contributed by atoms with van der Waals surface area (Å²) in [5.74, 6) is -0.855. The number of ether oxygens (including phenoxy) is 2. The van der Waals surface area contributed by atoms with E-state index in [-0.39, 0.29) is 13.2 Å². The van der Waals surface area contributed by atoms with E-state index >= 15 is 0 Å². The average molecular weight is 374 g/mol. The maximum Gasteiger partial charge on any atom is 0.338 e. The summed E-state index contributed by atoms with van der Waals surface area (Å²) in [6.07, 6.45) is 0. The molecule has 0 aliphatic rings. The number of rotatable bonds is 6. The van der Waals surface area contributed by atoms with Crippen LogP contribution in [0.5, 0.6) is 0 Å². The van der Waals surface area contributed by atoms with Crippen LogP contribution in [-0.4, -0.2) is 11.9 Å². The van der Waals surface area contributed by atoms with Crippen LogP contribution in [0.4, 0.5) is 0 Å². The minimum absolute atomic E-state index is 0.214. The summed E-state index contributed by atoms with van der Waals surface area (Å²) in [5, 5.41) is 0. The highest BCUT2D eigenvalue weighted by atomic mass is 16.5. The van der Waals surface area contributed by atoms with Crippen molar-refractivity contribution in [3.8, 4) is 0 Å². The molecule has 0 aliphatic carbocycles. The fourth-order valence-electron chi connectivity index (χ4n) is 2.74. The normalized spacial score (nSPS) is 10.4. The third kappa shape index (κ3) is 4.86.